The van der Waals surface area contributed by atoms with Crippen molar-refractivity contribution in [3.8, 4) is 0 Å². The van der Waals surface area contributed by atoms with Gasteiger partial charge in [-0.25, -0.2) is 4.98 Å². The average molecular weight is 560 g/mol. The highest BCUT2D eigenvalue weighted by molar-refractivity contribution is 7.09. The predicted molar refractivity (Wildman–Crippen MR) is 149 cm³/mol. The number of aryl methyl sites for hydroxylation is 1. The number of carbonyl (C=O) groups excluding carboxylic acids is 4. The first-order valence-corrected chi connectivity index (χ1v) is 14.1. The maximum absolute atomic E-state index is 13.3. The van der Waals surface area contributed by atoms with E-state index in [4.69, 9.17) is 0 Å². The van der Waals surface area contributed by atoms with Crippen LogP contribution in [-0.2, 0) is 22.7 Å². The summed E-state index contributed by atoms with van der Waals surface area (Å²) in [7, 11) is 0. The van der Waals surface area contributed by atoms with E-state index in [0.717, 1.165) is 54.1 Å². The first-order valence-electron chi connectivity index (χ1n) is 13.3. The largest absolute Gasteiger partial charge is 0.380 e. The second-order valence-corrected chi connectivity index (χ2v) is 11.0. The number of rotatable bonds is 7. The molecule has 2 N–H and O–H groups in total. The van der Waals surface area contributed by atoms with Gasteiger partial charge in [0.1, 0.15) is 11.9 Å². The SMILES string of the molecule is Cc1nsc(N2CCN(Cc3ccc(CNc4cccc5c4C(=O)N(C4CCC(=O)NC4=O)C5=O)cc3)CC2)n1. The van der Waals surface area contributed by atoms with Crippen LogP contribution < -0.4 is 15.5 Å². The third-order valence-electron chi connectivity index (χ3n) is 7.54. The molecule has 1 unspecified atom stereocenters. The number of aromatic nitrogens is 2. The van der Waals surface area contributed by atoms with Gasteiger partial charge >= 0.3 is 0 Å². The molecule has 0 spiro atoms. The predicted octanol–water partition coefficient (Wildman–Crippen LogP) is 2.18. The lowest BCUT2D eigenvalue weighted by atomic mass is 10.0. The van der Waals surface area contributed by atoms with Crippen LogP contribution in [0.3, 0.4) is 0 Å². The van der Waals surface area contributed by atoms with E-state index >= 15 is 0 Å². The average Bonchev–Trinajstić information content (AvgIpc) is 3.50. The zero-order valence-electron chi connectivity index (χ0n) is 22.1. The van der Waals surface area contributed by atoms with Gasteiger partial charge in [-0.3, -0.25) is 34.3 Å². The molecule has 0 radical (unpaired) electrons. The van der Waals surface area contributed by atoms with E-state index in [1.807, 2.05) is 6.92 Å². The number of hydrogen-bond donors (Lipinski definition) is 2. The van der Waals surface area contributed by atoms with E-state index in [9.17, 15) is 19.2 Å². The van der Waals surface area contributed by atoms with Crippen molar-refractivity contribution < 1.29 is 19.2 Å². The first kappa shape index (κ1) is 26.1. The number of imide groups is 2. The first-order chi connectivity index (χ1) is 19.4. The number of amides is 4. The van der Waals surface area contributed by atoms with Crippen molar-refractivity contribution >= 4 is 46.0 Å². The lowest BCUT2D eigenvalue weighted by Crippen LogP contribution is -2.54. The highest BCUT2D eigenvalue weighted by Gasteiger charge is 2.45. The number of nitrogens with one attached hydrogen (secondary N) is 2. The van der Waals surface area contributed by atoms with Crippen molar-refractivity contribution in [1.29, 1.82) is 0 Å². The van der Waals surface area contributed by atoms with Crippen LogP contribution in [0.4, 0.5) is 10.8 Å². The fraction of sp³-hybridized carbons (Fsp3) is 0.357. The van der Waals surface area contributed by atoms with E-state index in [2.05, 4.69) is 54.1 Å². The Kier molecular flexibility index (Phi) is 7.03. The minimum absolute atomic E-state index is 0.0885. The molecular formula is C28H29N7O4S. The maximum Gasteiger partial charge on any atom is 0.264 e. The van der Waals surface area contributed by atoms with Crippen molar-refractivity contribution in [3.63, 3.8) is 0 Å². The van der Waals surface area contributed by atoms with Crippen LogP contribution in [0.25, 0.3) is 0 Å². The van der Waals surface area contributed by atoms with Crippen LogP contribution in [0.5, 0.6) is 0 Å². The molecule has 3 aliphatic heterocycles. The van der Waals surface area contributed by atoms with Crippen LogP contribution in [0.15, 0.2) is 42.5 Å². The Balaban J connectivity index is 1.06. The zero-order chi connectivity index (χ0) is 27.8. The van der Waals surface area contributed by atoms with Gasteiger partial charge in [-0.15, -0.1) is 0 Å². The summed E-state index contributed by atoms with van der Waals surface area (Å²) < 4.78 is 4.28. The van der Waals surface area contributed by atoms with E-state index in [-0.39, 0.29) is 24.0 Å². The maximum atomic E-state index is 13.3. The van der Waals surface area contributed by atoms with Gasteiger partial charge in [0.15, 0.2) is 0 Å². The fourth-order valence-corrected chi connectivity index (χ4v) is 6.12. The Morgan fingerprint density at radius 3 is 2.42 bits per heavy atom. The number of carbonyl (C=O) groups is 4. The Labute approximate surface area is 235 Å². The van der Waals surface area contributed by atoms with Crippen molar-refractivity contribution in [2.45, 2.75) is 38.9 Å². The Morgan fingerprint density at radius 2 is 1.73 bits per heavy atom. The summed E-state index contributed by atoms with van der Waals surface area (Å²) in [4.78, 5) is 60.4. The van der Waals surface area contributed by atoms with E-state index in [1.165, 1.54) is 17.1 Å². The van der Waals surface area contributed by atoms with Gasteiger partial charge in [-0.2, -0.15) is 4.37 Å². The summed E-state index contributed by atoms with van der Waals surface area (Å²) in [6, 6.07) is 12.4. The number of nitrogens with zero attached hydrogens (tertiary/aromatic N) is 5. The number of fused-ring (bicyclic) bond motifs is 1. The molecule has 0 saturated carbocycles. The van der Waals surface area contributed by atoms with Gasteiger partial charge in [0.2, 0.25) is 16.9 Å². The number of benzene rings is 2. The van der Waals surface area contributed by atoms with E-state index in [0.29, 0.717) is 12.2 Å². The standard InChI is InChI=1S/C28H29N7O4S/c1-17-30-28(40-32-17)34-13-11-33(12-14-34)16-19-7-5-18(6-8-19)15-29-21-4-2-3-20-24(21)27(39)35(26(20)38)22-9-10-23(36)31-25(22)37/h2-8,22,29H,9-16H2,1H3,(H,31,36,37). The summed E-state index contributed by atoms with van der Waals surface area (Å²) in [5, 5.41) is 6.52. The van der Waals surface area contributed by atoms with Gasteiger partial charge in [-0.1, -0.05) is 30.3 Å². The second-order valence-electron chi connectivity index (χ2n) is 10.2. The topological polar surface area (TPSA) is 128 Å². The summed E-state index contributed by atoms with van der Waals surface area (Å²) in [6.07, 6.45) is 0.217. The van der Waals surface area contributed by atoms with Gasteiger partial charge in [-0.05, 0) is 36.6 Å². The monoisotopic (exact) mass is 559 g/mol. The highest BCUT2D eigenvalue weighted by atomic mass is 32.1. The summed E-state index contributed by atoms with van der Waals surface area (Å²) in [6.45, 7) is 7.04. The van der Waals surface area contributed by atoms with Crippen LogP contribution in [0, 0.1) is 6.92 Å². The normalized spacial score (nSPS) is 19.7. The molecular weight excluding hydrogens is 530 g/mol. The van der Waals surface area contributed by atoms with Gasteiger partial charge in [0, 0.05) is 62.9 Å². The third kappa shape index (κ3) is 5.07. The van der Waals surface area contributed by atoms with Gasteiger partial charge < -0.3 is 10.2 Å². The number of anilines is 2. The minimum Gasteiger partial charge on any atom is -0.380 e. The summed E-state index contributed by atoms with van der Waals surface area (Å²) in [5.41, 5.74) is 3.33. The molecule has 3 aromatic rings. The second kappa shape index (κ2) is 10.8. The van der Waals surface area contributed by atoms with Crippen LogP contribution >= 0.6 is 11.5 Å². The number of piperazine rings is 1. The van der Waals surface area contributed by atoms with Crippen LogP contribution in [-0.4, -0.2) is 75.0 Å². The molecule has 0 bridgehead atoms. The van der Waals surface area contributed by atoms with E-state index in [1.54, 1.807) is 18.2 Å². The summed E-state index contributed by atoms with van der Waals surface area (Å²) in [5.74, 6) is -1.22. The lowest BCUT2D eigenvalue weighted by Gasteiger charge is -2.34. The zero-order valence-corrected chi connectivity index (χ0v) is 22.9. The molecule has 40 heavy (non-hydrogen) atoms. The molecule has 2 aromatic carbocycles. The Bertz CT molecular complexity index is 1480. The van der Waals surface area contributed by atoms with Gasteiger partial charge in [0.05, 0.1) is 11.1 Å². The third-order valence-corrected chi connectivity index (χ3v) is 8.41. The quantitative estimate of drug-likeness (QED) is 0.419. The summed E-state index contributed by atoms with van der Waals surface area (Å²) >= 11 is 1.45. The van der Waals surface area contributed by atoms with Crippen molar-refractivity contribution in [3.05, 3.63) is 70.5 Å². The fourth-order valence-electron chi connectivity index (χ4n) is 5.39. The van der Waals surface area contributed by atoms with Crippen molar-refractivity contribution in [2.75, 3.05) is 36.4 Å². The molecule has 1 aromatic heterocycles. The lowest BCUT2D eigenvalue weighted by molar-refractivity contribution is -0.136. The molecule has 2 fully saturated rings. The van der Waals surface area contributed by atoms with Crippen molar-refractivity contribution in [2.24, 2.45) is 0 Å². The molecule has 206 valence electrons. The molecule has 1 atom stereocenters. The number of piperidine rings is 1. The van der Waals surface area contributed by atoms with Gasteiger partial charge in [0.25, 0.3) is 11.8 Å². The highest BCUT2D eigenvalue weighted by Crippen LogP contribution is 2.32. The van der Waals surface area contributed by atoms with Crippen molar-refractivity contribution in [1.82, 2.24) is 24.5 Å². The molecule has 12 heteroatoms. The Morgan fingerprint density at radius 1 is 0.975 bits per heavy atom. The smallest absolute Gasteiger partial charge is 0.264 e. The molecule has 4 heterocycles. The minimum atomic E-state index is -0.984. The van der Waals surface area contributed by atoms with Crippen LogP contribution in [0.1, 0.15) is 50.5 Å². The number of hydrogen-bond acceptors (Lipinski definition) is 10. The molecule has 11 nitrogen and oxygen atoms in total. The molecule has 4 amide bonds. The van der Waals surface area contributed by atoms with E-state index < -0.39 is 29.7 Å². The molecule has 3 aliphatic rings. The molecule has 2 saturated heterocycles. The Hall–Kier alpha value is -4.16. The molecule has 0 aliphatic carbocycles. The van der Waals surface area contributed by atoms with Crippen LogP contribution in [0.2, 0.25) is 0 Å². The molecule has 6 rings (SSSR count).